The molecule has 0 amide bonds. The molecule has 4 nitrogen and oxygen atoms in total. The van der Waals surface area contributed by atoms with Gasteiger partial charge in [0.2, 0.25) is 0 Å². The molecular formula is C18H14ClF3N4S. The lowest BCUT2D eigenvalue weighted by Gasteiger charge is -2.15. The van der Waals surface area contributed by atoms with Crippen LogP contribution in [0.25, 0.3) is 0 Å². The van der Waals surface area contributed by atoms with Gasteiger partial charge in [-0.2, -0.15) is 18.3 Å². The van der Waals surface area contributed by atoms with Crippen LogP contribution in [0, 0.1) is 0 Å². The van der Waals surface area contributed by atoms with Gasteiger partial charge in [0.25, 0.3) is 0 Å². The molecule has 0 unspecified atom stereocenters. The Morgan fingerprint density at radius 3 is 2.48 bits per heavy atom. The van der Waals surface area contributed by atoms with Crippen molar-refractivity contribution in [1.82, 2.24) is 9.78 Å². The Labute approximate surface area is 164 Å². The quantitative estimate of drug-likeness (QED) is 0.564. The lowest BCUT2D eigenvalue weighted by atomic mass is 10.1. The molecule has 27 heavy (non-hydrogen) atoms. The minimum absolute atomic E-state index is 0.0396. The number of rotatable bonds is 4. The van der Waals surface area contributed by atoms with E-state index in [4.69, 9.17) is 23.8 Å². The number of halogens is 4. The first kappa shape index (κ1) is 19.2. The molecule has 3 aromatic rings. The van der Waals surface area contributed by atoms with Crippen LogP contribution in [0.15, 0.2) is 60.9 Å². The van der Waals surface area contributed by atoms with E-state index >= 15 is 0 Å². The fourth-order valence-electron chi connectivity index (χ4n) is 2.42. The van der Waals surface area contributed by atoms with Crippen molar-refractivity contribution < 1.29 is 13.2 Å². The molecule has 3 rings (SSSR count). The number of hydrogen-bond donors (Lipinski definition) is 2. The van der Waals surface area contributed by atoms with Crippen molar-refractivity contribution in [3.05, 3.63) is 77.1 Å². The number of alkyl halides is 3. The third kappa shape index (κ3) is 5.21. The first-order valence-electron chi connectivity index (χ1n) is 7.82. The van der Waals surface area contributed by atoms with E-state index in [-0.39, 0.29) is 10.8 Å². The normalized spacial score (nSPS) is 11.3. The molecule has 0 aliphatic rings. The predicted octanol–water partition coefficient (Wildman–Crippen LogP) is 5.41. The third-order valence-electron chi connectivity index (χ3n) is 3.63. The zero-order valence-electron chi connectivity index (χ0n) is 13.8. The van der Waals surface area contributed by atoms with E-state index in [0.29, 0.717) is 17.3 Å². The molecule has 0 saturated heterocycles. The molecule has 2 N–H and O–H groups in total. The van der Waals surface area contributed by atoms with E-state index in [1.54, 1.807) is 29.2 Å². The Balaban J connectivity index is 1.64. The Hall–Kier alpha value is -2.58. The highest BCUT2D eigenvalue weighted by Gasteiger charge is 2.33. The minimum atomic E-state index is -4.47. The maximum absolute atomic E-state index is 13.0. The monoisotopic (exact) mass is 410 g/mol. The Morgan fingerprint density at radius 1 is 1.07 bits per heavy atom. The number of benzene rings is 2. The number of hydrogen-bond acceptors (Lipinski definition) is 2. The van der Waals surface area contributed by atoms with Crippen LogP contribution in [0.1, 0.15) is 11.1 Å². The fraction of sp³-hybridized carbons (Fsp3) is 0.111. The summed E-state index contributed by atoms with van der Waals surface area (Å²) in [7, 11) is 0. The average Bonchev–Trinajstić information content (AvgIpc) is 3.03. The standard InChI is InChI=1S/C18H14ClF3N4S/c19-13-7-5-12(6-8-13)10-26-11-14(9-23-26)24-17(27)25-16-4-2-1-3-15(16)18(20,21)22/h1-9,11H,10H2,(H2,24,25,27). The summed E-state index contributed by atoms with van der Waals surface area (Å²) in [5, 5.41) is 10.3. The fourth-order valence-corrected chi connectivity index (χ4v) is 2.77. The van der Waals surface area contributed by atoms with E-state index in [0.717, 1.165) is 11.6 Å². The van der Waals surface area contributed by atoms with Crippen molar-refractivity contribution in [3.8, 4) is 0 Å². The molecule has 0 bridgehead atoms. The number of anilines is 2. The maximum atomic E-state index is 13.0. The summed E-state index contributed by atoms with van der Waals surface area (Å²) >= 11 is 11.0. The molecule has 2 aromatic carbocycles. The van der Waals surface area contributed by atoms with Gasteiger partial charge in [0, 0.05) is 11.2 Å². The molecular weight excluding hydrogens is 397 g/mol. The zero-order valence-corrected chi connectivity index (χ0v) is 15.4. The number of nitrogens with one attached hydrogen (secondary N) is 2. The van der Waals surface area contributed by atoms with E-state index in [1.165, 1.54) is 18.2 Å². The second-order valence-electron chi connectivity index (χ2n) is 5.68. The molecule has 1 heterocycles. The van der Waals surface area contributed by atoms with Crippen molar-refractivity contribution in [1.29, 1.82) is 0 Å². The minimum Gasteiger partial charge on any atom is -0.332 e. The van der Waals surface area contributed by atoms with Crippen LogP contribution < -0.4 is 10.6 Å². The highest BCUT2D eigenvalue weighted by molar-refractivity contribution is 7.80. The Bertz CT molecular complexity index is 938. The van der Waals surface area contributed by atoms with Gasteiger partial charge < -0.3 is 10.6 Å². The second-order valence-corrected chi connectivity index (χ2v) is 6.52. The van der Waals surface area contributed by atoms with Gasteiger partial charge in [-0.15, -0.1) is 0 Å². The van der Waals surface area contributed by atoms with Crippen LogP contribution in [-0.4, -0.2) is 14.9 Å². The maximum Gasteiger partial charge on any atom is 0.418 e. The topological polar surface area (TPSA) is 41.9 Å². The van der Waals surface area contributed by atoms with Crippen molar-refractivity contribution in [2.45, 2.75) is 12.7 Å². The Morgan fingerprint density at radius 2 is 1.78 bits per heavy atom. The van der Waals surface area contributed by atoms with E-state index < -0.39 is 11.7 Å². The molecule has 0 aliphatic carbocycles. The molecule has 140 valence electrons. The van der Waals surface area contributed by atoms with E-state index in [2.05, 4.69) is 15.7 Å². The van der Waals surface area contributed by atoms with Crippen LogP contribution in [0.3, 0.4) is 0 Å². The lowest BCUT2D eigenvalue weighted by Crippen LogP contribution is -2.21. The second kappa shape index (κ2) is 7.98. The van der Waals surface area contributed by atoms with Crippen LogP contribution >= 0.6 is 23.8 Å². The number of nitrogens with zero attached hydrogens (tertiary/aromatic N) is 2. The van der Waals surface area contributed by atoms with E-state index in [9.17, 15) is 13.2 Å². The van der Waals surface area contributed by atoms with Gasteiger partial charge in [-0.3, -0.25) is 4.68 Å². The van der Waals surface area contributed by atoms with Crippen LogP contribution in [0.4, 0.5) is 24.5 Å². The average molecular weight is 411 g/mol. The van der Waals surface area contributed by atoms with Gasteiger partial charge in [-0.05, 0) is 42.0 Å². The summed E-state index contributed by atoms with van der Waals surface area (Å²) in [5.41, 5.74) is 0.670. The molecule has 0 spiro atoms. The van der Waals surface area contributed by atoms with Crippen LogP contribution in [0.5, 0.6) is 0 Å². The van der Waals surface area contributed by atoms with Crippen molar-refractivity contribution >= 4 is 40.3 Å². The summed E-state index contributed by atoms with van der Waals surface area (Å²) in [6, 6.07) is 12.5. The molecule has 9 heteroatoms. The van der Waals surface area contributed by atoms with Gasteiger partial charge in [-0.1, -0.05) is 35.9 Å². The first-order valence-corrected chi connectivity index (χ1v) is 8.61. The summed E-state index contributed by atoms with van der Waals surface area (Å²) in [4.78, 5) is 0. The molecule has 0 saturated carbocycles. The summed E-state index contributed by atoms with van der Waals surface area (Å²) in [6.07, 6.45) is -1.22. The largest absolute Gasteiger partial charge is 0.418 e. The molecule has 0 atom stereocenters. The third-order valence-corrected chi connectivity index (χ3v) is 4.09. The lowest BCUT2D eigenvalue weighted by molar-refractivity contribution is -0.136. The molecule has 1 aromatic heterocycles. The first-order chi connectivity index (χ1) is 12.8. The highest BCUT2D eigenvalue weighted by atomic mass is 35.5. The molecule has 0 aliphatic heterocycles. The zero-order chi connectivity index (χ0) is 19.4. The number of aromatic nitrogens is 2. The van der Waals surface area contributed by atoms with Crippen molar-refractivity contribution in [3.63, 3.8) is 0 Å². The number of para-hydroxylation sites is 1. The predicted molar refractivity (Wildman–Crippen MR) is 104 cm³/mol. The van der Waals surface area contributed by atoms with Crippen LogP contribution in [0.2, 0.25) is 5.02 Å². The van der Waals surface area contributed by atoms with Crippen LogP contribution in [-0.2, 0) is 12.7 Å². The smallest absolute Gasteiger partial charge is 0.332 e. The van der Waals surface area contributed by atoms with Gasteiger partial charge in [0.1, 0.15) is 0 Å². The number of thiocarbonyl (C=S) groups is 1. The highest BCUT2D eigenvalue weighted by Crippen LogP contribution is 2.34. The molecule has 0 fully saturated rings. The van der Waals surface area contributed by atoms with Crippen molar-refractivity contribution in [2.24, 2.45) is 0 Å². The van der Waals surface area contributed by atoms with E-state index in [1.807, 2.05) is 12.1 Å². The van der Waals surface area contributed by atoms with Crippen molar-refractivity contribution in [2.75, 3.05) is 10.6 Å². The molecule has 0 radical (unpaired) electrons. The van der Waals surface area contributed by atoms with Gasteiger partial charge in [0.05, 0.1) is 29.7 Å². The van der Waals surface area contributed by atoms with Gasteiger partial charge in [-0.25, -0.2) is 0 Å². The Kier molecular flexibility index (Phi) is 5.67. The van der Waals surface area contributed by atoms with Gasteiger partial charge >= 0.3 is 6.18 Å². The summed E-state index contributed by atoms with van der Waals surface area (Å²) in [6.45, 7) is 0.524. The summed E-state index contributed by atoms with van der Waals surface area (Å²) < 4.78 is 40.8. The van der Waals surface area contributed by atoms with Gasteiger partial charge in [0.15, 0.2) is 5.11 Å². The summed E-state index contributed by atoms with van der Waals surface area (Å²) in [5.74, 6) is 0. The SMILES string of the molecule is FC(F)(F)c1ccccc1NC(=S)Nc1cnn(Cc2ccc(Cl)cc2)c1.